The van der Waals surface area contributed by atoms with E-state index in [-0.39, 0.29) is 17.7 Å². The number of hydrogen-bond acceptors (Lipinski definition) is 5. The molecule has 0 radical (unpaired) electrons. The first-order chi connectivity index (χ1) is 14.8. The minimum atomic E-state index is -1.67. The van der Waals surface area contributed by atoms with Gasteiger partial charge in [-0.2, -0.15) is 8.78 Å². The molecule has 1 fully saturated rings. The van der Waals surface area contributed by atoms with E-state index in [2.05, 4.69) is 34.3 Å². The van der Waals surface area contributed by atoms with E-state index in [4.69, 9.17) is 0 Å². The maximum absolute atomic E-state index is 13.2. The van der Waals surface area contributed by atoms with Crippen molar-refractivity contribution in [1.29, 1.82) is 0 Å². The smallest absolute Gasteiger partial charge is 0.274 e. The Labute approximate surface area is 182 Å². The van der Waals surface area contributed by atoms with Crippen molar-refractivity contribution in [3.8, 4) is 17.0 Å². The zero-order valence-electron chi connectivity index (χ0n) is 18.6. The van der Waals surface area contributed by atoms with Crippen molar-refractivity contribution >= 4 is 11.4 Å². The first-order valence-electron chi connectivity index (χ1n) is 11.0. The molecule has 0 bridgehead atoms. The molecule has 4 rings (SSSR count). The summed E-state index contributed by atoms with van der Waals surface area (Å²) in [4.78, 5) is 2.47. The van der Waals surface area contributed by atoms with Gasteiger partial charge in [0.25, 0.3) is 6.08 Å². The summed E-state index contributed by atoms with van der Waals surface area (Å²) in [5.41, 5.74) is 4.08. The molecular weight excluding hydrogens is 398 g/mol. The highest BCUT2D eigenvalue weighted by Gasteiger charge is 2.27. The summed E-state index contributed by atoms with van der Waals surface area (Å²) >= 11 is 0. The molecule has 7 heteroatoms. The Hall–Kier alpha value is -2.54. The average Bonchev–Trinajstić information content (AvgIpc) is 3.18. The molecule has 2 aliphatic rings. The van der Waals surface area contributed by atoms with Gasteiger partial charge in [0, 0.05) is 35.3 Å². The number of nitrogens with zero attached hydrogens (tertiary/aromatic N) is 3. The van der Waals surface area contributed by atoms with E-state index in [1.54, 1.807) is 12.1 Å². The second-order valence-corrected chi connectivity index (χ2v) is 8.95. The highest BCUT2D eigenvalue weighted by Crippen LogP contribution is 2.44. The number of nitrogens with one attached hydrogen (secondary N) is 1. The van der Waals surface area contributed by atoms with Gasteiger partial charge in [0.15, 0.2) is 5.82 Å². The van der Waals surface area contributed by atoms with Crippen molar-refractivity contribution in [2.75, 3.05) is 18.4 Å². The predicted molar refractivity (Wildman–Crippen MR) is 119 cm³/mol. The van der Waals surface area contributed by atoms with Gasteiger partial charge >= 0.3 is 0 Å². The van der Waals surface area contributed by atoms with Crippen LogP contribution in [0, 0.1) is 13.8 Å². The Morgan fingerprint density at radius 1 is 1.13 bits per heavy atom. The lowest BCUT2D eigenvalue weighted by Gasteiger charge is -2.36. The molecule has 0 saturated carbocycles. The number of phenols is 1. The number of rotatable bonds is 4. The van der Waals surface area contributed by atoms with E-state index < -0.39 is 6.08 Å². The number of halogens is 2. The molecule has 2 heterocycles. The zero-order valence-corrected chi connectivity index (χ0v) is 18.6. The molecule has 1 atom stereocenters. The molecule has 1 aliphatic carbocycles. The SMILES string of the molecule is Cc1c(N[C@@H]2CCCN(C(C)C)C2)nnc(-c2ccc3c(c2O)CCC3=C(F)F)c1C. The number of aromatic nitrogens is 2. The van der Waals surface area contributed by atoms with E-state index in [1.807, 2.05) is 13.8 Å². The summed E-state index contributed by atoms with van der Waals surface area (Å²) in [5, 5.41) is 23.3. The van der Waals surface area contributed by atoms with Crippen molar-refractivity contribution < 1.29 is 13.9 Å². The fourth-order valence-corrected chi connectivity index (χ4v) is 4.73. The standard InChI is InChI=1S/C24H30F2N4O/c1-13(2)30-11-5-6-16(12-30)27-24-15(4)14(3)21(28-29-24)20-10-7-17-18(22(20)31)8-9-19(17)23(25)26/h7,10,13,16,31H,5-6,8-9,11-12H2,1-4H3,(H,27,29)/t16-/m1/s1. The van der Waals surface area contributed by atoms with Crippen molar-refractivity contribution in [2.24, 2.45) is 0 Å². The Morgan fingerprint density at radius 2 is 1.87 bits per heavy atom. The molecule has 0 amide bonds. The molecular formula is C24H30F2N4O. The fraction of sp³-hybridized carbons (Fsp3) is 0.500. The monoisotopic (exact) mass is 428 g/mol. The Balaban J connectivity index is 1.62. The van der Waals surface area contributed by atoms with E-state index in [0.717, 1.165) is 42.9 Å². The normalized spacial score (nSPS) is 19.1. The van der Waals surface area contributed by atoms with Gasteiger partial charge in [-0.3, -0.25) is 4.90 Å². The van der Waals surface area contributed by atoms with E-state index >= 15 is 0 Å². The molecule has 2 N–H and O–H groups in total. The quantitative estimate of drug-likeness (QED) is 0.692. The molecule has 1 saturated heterocycles. The minimum Gasteiger partial charge on any atom is -0.507 e. The lowest BCUT2D eigenvalue weighted by molar-refractivity contribution is 0.174. The van der Waals surface area contributed by atoms with Crippen LogP contribution in [0.1, 0.15) is 55.4 Å². The van der Waals surface area contributed by atoms with Crippen molar-refractivity contribution in [3.05, 3.63) is 40.5 Å². The Kier molecular flexibility index (Phi) is 5.97. The number of aromatic hydroxyl groups is 1. The van der Waals surface area contributed by atoms with Gasteiger partial charge in [0.1, 0.15) is 5.75 Å². The highest BCUT2D eigenvalue weighted by molar-refractivity contribution is 5.82. The number of piperidine rings is 1. The van der Waals surface area contributed by atoms with Crippen LogP contribution in [0.4, 0.5) is 14.6 Å². The van der Waals surface area contributed by atoms with E-state index in [1.165, 1.54) is 0 Å². The first-order valence-corrected chi connectivity index (χ1v) is 11.0. The van der Waals surface area contributed by atoms with Crippen LogP contribution in [0.15, 0.2) is 18.2 Å². The number of likely N-dealkylation sites (tertiary alicyclic amines) is 1. The fourth-order valence-electron chi connectivity index (χ4n) is 4.73. The summed E-state index contributed by atoms with van der Waals surface area (Å²) in [5.74, 6) is 0.799. The number of anilines is 1. The molecule has 5 nitrogen and oxygen atoms in total. The summed E-state index contributed by atoms with van der Waals surface area (Å²) in [7, 11) is 0. The van der Waals surface area contributed by atoms with Crippen LogP contribution in [-0.4, -0.2) is 45.4 Å². The molecule has 2 aromatic rings. The van der Waals surface area contributed by atoms with Gasteiger partial charge in [0.2, 0.25) is 0 Å². The highest BCUT2D eigenvalue weighted by atomic mass is 19.3. The molecule has 166 valence electrons. The molecule has 0 spiro atoms. The maximum atomic E-state index is 13.2. The van der Waals surface area contributed by atoms with Crippen LogP contribution in [0.25, 0.3) is 16.8 Å². The third kappa shape index (κ3) is 4.03. The van der Waals surface area contributed by atoms with Gasteiger partial charge in [-0.1, -0.05) is 6.07 Å². The van der Waals surface area contributed by atoms with E-state index in [0.29, 0.717) is 40.9 Å². The third-order valence-corrected chi connectivity index (χ3v) is 6.76. The molecule has 1 aliphatic heterocycles. The number of hydrogen-bond donors (Lipinski definition) is 2. The summed E-state index contributed by atoms with van der Waals surface area (Å²) in [6, 6.07) is 4.18. The lowest BCUT2D eigenvalue weighted by atomic mass is 9.97. The van der Waals surface area contributed by atoms with E-state index in [9.17, 15) is 13.9 Å². The minimum absolute atomic E-state index is 0.0262. The topological polar surface area (TPSA) is 61.3 Å². The lowest BCUT2D eigenvalue weighted by Crippen LogP contribution is -2.45. The van der Waals surface area contributed by atoms with Crippen LogP contribution in [0.2, 0.25) is 0 Å². The van der Waals surface area contributed by atoms with Crippen LogP contribution in [0.5, 0.6) is 5.75 Å². The van der Waals surface area contributed by atoms with Crippen LogP contribution in [-0.2, 0) is 6.42 Å². The number of benzene rings is 1. The largest absolute Gasteiger partial charge is 0.507 e. The van der Waals surface area contributed by atoms with Crippen LogP contribution < -0.4 is 5.32 Å². The number of phenolic OH excluding ortho intramolecular Hbond substituents is 1. The van der Waals surface area contributed by atoms with Gasteiger partial charge in [-0.05, 0) is 82.7 Å². The van der Waals surface area contributed by atoms with Gasteiger partial charge < -0.3 is 10.4 Å². The zero-order chi connectivity index (χ0) is 22.3. The second kappa shape index (κ2) is 8.54. The number of fused-ring (bicyclic) bond motifs is 1. The first kappa shape index (κ1) is 21.7. The third-order valence-electron chi connectivity index (χ3n) is 6.76. The molecule has 1 aromatic heterocycles. The van der Waals surface area contributed by atoms with Crippen LogP contribution >= 0.6 is 0 Å². The van der Waals surface area contributed by atoms with Crippen molar-refractivity contribution in [2.45, 2.75) is 65.5 Å². The van der Waals surface area contributed by atoms with Crippen LogP contribution in [0.3, 0.4) is 0 Å². The molecule has 31 heavy (non-hydrogen) atoms. The van der Waals surface area contributed by atoms with Gasteiger partial charge in [-0.25, -0.2) is 0 Å². The summed E-state index contributed by atoms with van der Waals surface area (Å²) in [6.45, 7) is 10.5. The average molecular weight is 429 g/mol. The Morgan fingerprint density at radius 3 is 2.58 bits per heavy atom. The number of allylic oxidation sites excluding steroid dienone is 1. The molecule has 1 aromatic carbocycles. The maximum Gasteiger partial charge on any atom is 0.274 e. The van der Waals surface area contributed by atoms with Crippen molar-refractivity contribution in [1.82, 2.24) is 15.1 Å². The second-order valence-electron chi connectivity index (χ2n) is 8.95. The summed E-state index contributed by atoms with van der Waals surface area (Å²) in [6.07, 6.45) is 1.22. The van der Waals surface area contributed by atoms with Gasteiger partial charge in [0.05, 0.1) is 5.69 Å². The molecule has 0 unspecified atom stereocenters. The predicted octanol–water partition coefficient (Wildman–Crippen LogP) is 5.30. The summed E-state index contributed by atoms with van der Waals surface area (Å²) < 4.78 is 26.3. The Bertz CT molecular complexity index is 1030. The van der Waals surface area contributed by atoms with Gasteiger partial charge in [-0.15, -0.1) is 10.2 Å². The van der Waals surface area contributed by atoms with Crippen molar-refractivity contribution in [3.63, 3.8) is 0 Å².